The zero-order valence-corrected chi connectivity index (χ0v) is 12.3. The predicted octanol–water partition coefficient (Wildman–Crippen LogP) is 3.03. The van der Waals surface area contributed by atoms with E-state index in [1.165, 1.54) is 0 Å². The molecule has 0 saturated heterocycles. The Morgan fingerprint density at radius 2 is 1.95 bits per heavy atom. The molecule has 1 saturated carbocycles. The Balaban J connectivity index is 1.88. The van der Waals surface area contributed by atoms with Gasteiger partial charge in [-0.05, 0) is 16.9 Å². The van der Waals surface area contributed by atoms with E-state index in [0.29, 0.717) is 0 Å². The average Bonchev–Trinajstić information content (AvgIpc) is 2.98. The SMILES string of the molecule is CC1(C)C(/C=C/CC(=O)O)C1C(=O)OCc1ccccc1. The van der Waals surface area contributed by atoms with Gasteiger partial charge < -0.3 is 9.84 Å². The minimum atomic E-state index is -0.868. The summed E-state index contributed by atoms with van der Waals surface area (Å²) < 4.78 is 5.36. The van der Waals surface area contributed by atoms with Crippen LogP contribution in [0, 0.1) is 17.3 Å². The number of carbonyl (C=O) groups is 2. The lowest BCUT2D eigenvalue weighted by atomic mass is 10.1. The first-order valence-electron chi connectivity index (χ1n) is 7.02. The smallest absolute Gasteiger partial charge is 0.310 e. The number of carboxylic acids is 1. The van der Waals surface area contributed by atoms with Crippen molar-refractivity contribution in [1.29, 1.82) is 0 Å². The molecule has 2 unspecified atom stereocenters. The molecule has 0 heterocycles. The largest absolute Gasteiger partial charge is 0.481 e. The highest BCUT2D eigenvalue weighted by Gasteiger charge is 2.61. The molecule has 21 heavy (non-hydrogen) atoms. The van der Waals surface area contributed by atoms with E-state index in [-0.39, 0.29) is 36.2 Å². The summed E-state index contributed by atoms with van der Waals surface area (Å²) in [5, 5.41) is 8.62. The molecule has 1 fully saturated rings. The predicted molar refractivity (Wildman–Crippen MR) is 78.4 cm³/mol. The number of allylic oxidation sites excluding steroid dienone is 1. The third-order valence-electron chi connectivity index (χ3n) is 4.02. The van der Waals surface area contributed by atoms with Crippen molar-refractivity contribution in [2.45, 2.75) is 26.9 Å². The second kappa shape index (κ2) is 6.12. The molecular weight excluding hydrogens is 268 g/mol. The Kier molecular flexibility index (Phi) is 4.46. The topological polar surface area (TPSA) is 63.6 Å². The maximum absolute atomic E-state index is 12.1. The Bertz CT molecular complexity index is 545. The number of carbonyl (C=O) groups excluding carboxylic acids is 1. The zero-order valence-electron chi connectivity index (χ0n) is 12.3. The molecule has 2 rings (SSSR count). The second-order valence-corrected chi connectivity index (χ2v) is 5.94. The average molecular weight is 288 g/mol. The molecule has 1 aromatic carbocycles. The lowest BCUT2D eigenvalue weighted by Gasteiger charge is -2.05. The zero-order chi connectivity index (χ0) is 15.5. The van der Waals surface area contributed by atoms with Gasteiger partial charge in [0.15, 0.2) is 0 Å². The van der Waals surface area contributed by atoms with Crippen LogP contribution in [-0.4, -0.2) is 17.0 Å². The first kappa shape index (κ1) is 15.3. The Morgan fingerprint density at radius 1 is 1.29 bits per heavy atom. The molecule has 112 valence electrons. The number of esters is 1. The van der Waals surface area contributed by atoms with Crippen LogP contribution in [0.1, 0.15) is 25.8 Å². The molecule has 1 aliphatic rings. The molecule has 1 aliphatic carbocycles. The summed E-state index contributed by atoms with van der Waals surface area (Å²) in [6.07, 6.45) is 3.42. The molecule has 1 N–H and O–H groups in total. The van der Waals surface area contributed by atoms with Crippen LogP contribution >= 0.6 is 0 Å². The fourth-order valence-corrected chi connectivity index (χ4v) is 2.62. The van der Waals surface area contributed by atoms with Gasteiger partial charge in [0.2, 0.25) is 0 Å². The standard InChI is InChI=1S/C17H20O4/c1-17(2)13(9-6-10-14(18)19)15(17)16(20)21-11-12-7-4-3-5-8-12/h3-9,13,15H,10-11H2,1-2H3,(H,18,19)/b9-6+. The molecule has 0 radical (unpaired) electrons. The van der Waals surface area contributed by atoms with E-state index in [9.17, 15) is 9.59 Å². The maximum Gasteiger partial charge on any atom is 0.310 e. The monoisotopic (exact) mass is 288 g/mol. The minimum absolute atomic E-state index is 0.0155. The van der Waals surface area contributed by atoms with Crippen molar-refractivity contribution in [3.63, 3.8) is 0 Å². The van der Waals surface area contributed by atoms with Crippen molar-refractivity contribution in [2.24, 2.45) is 17.3 Å². The summed E-state index contributed by atoms with van der Waals surface area (Å²) in [5.74, 6) is -1.21. The van der Waals surface area contributed by atoms with Crippen LogP contribution in [0.4, 0.5) is 0 Å². The number of ether oxygens (including phenoxy) is 1. The van der Waals surface area contributed by atoms with Gasteiger partial charge >= 0.3 is 11.9 Å². The van der Waals surface area contributed by atoms with Gasteiger partial charge in [-0.25, -0.2) is 0 Å². The van der Waals surface area contributed by atoms with Crippen LogP contribution in [0.3, 0.4) is 0 Å². The summed E-state index contributed by atoms with van der Waals surface area (Å²) in [6.45, 7) is 4.27. The van der Waals surface area contributed by atoms with E-state index in [4.69, 9.17) is 9.84 Å². The number of hydrogen-bond donors (Lipinski definition) is 1. The minimum Gasteiger partial charge on any atom is -0.481 e. The summed E-state index contributed by atoms with van der Waals surface area (Å²) in [5.41, 5.74) is 0.797. The Labute approximate surface area is 124 Å². The van der Waals surface area contributed by atoms with Crippen LogP contribution < -0.4 is 0 Å². The summed E-state index contributed by atoms with van der Waals surface area (Å²) >= 11 is 0. The van der Waals surface area contributed by atoms with Gasteiger partial charge in [0.05, 0.1) is 12.3 Å². The summed E-state index contributed by atoms with van der Waals surface area (Å²) in [7, 11) is 0. The van der Waals surface area contributed by atoms with Gasteiger partial charge in [-0.3, -0.25) is 9.59 Å². The van der Waals surface area contributed by atoms with Crippen molar-refractivity contribution in [3.05, 3.63) is 48.0 Å². The molecule has 0 amide bonds. The van der Waals surface area contributed by atoms with E-state index in [1.807, 2.05) is 50.3 Å². The fraction of sp³-hybridized carbons (Fsp3) is 0.412. The lowest BCUT2D eigenvalue weighted by Crippen LogP contribution is -2.10. The summed E-state index contributed by atoms with van der Waals surface area (Å²) in [6, 6.07) is 9.55. The number of benzene rings is 1. The van der Waals surface area contributed by atoms with Gasteiger partial charge in [0.25, 0.3) is 0 Å². The number of aliphatic carboxylic acids is 1. The molecule has 1 aromatic rings. The highest BCUT2D eigenvalue weighted by atomic mass is 16.5. The van der Waals surface area contributed by atoms with E-state index in [0.717, 1.165) is 5.56 Å². The first-order valence-corrected chi connectivity index (χ1v) is 7.02. The fourth-order valence-electron chi connectivity index (χ4n) is 2.62. The summed E-state index contributed by atoms with van der Waals surface area (Å²) in [4.78, 5) is 22.6. The number of hydrogen-bond acceptors (Lipinski definition) is 3. The van der Waals surface area contributed by atoms with E-state index in [1.54, 1.807) is 6.08 Å². The van der Waals surface area contributed by atoms with Gasteiger partial charge in [-0.2, -0.15) is 0 Å². The van der Waals surface area contributed by atoms with Crippen molar-refractivity contribution in [2.75, 3.05) is 0 Å². The quantitative estimate of drug-likeness (QED) is 0.645. The molecule has 4 heteroatoms. The van der Waals surface area contributed by atoms with Gasteiger partial charge in [-0.1, -0.05) is 56.3 Å². The third kappa shape index (κ3) is 3.72. The third-order valence-corrected chi connectivity index (χ3v) is 4.02. The van der Waals surface area contributed by atoms with Gasteiger partial charge in [0.1, 0.15) is 6.61 Å². The van der Waals surface area contributed by atoms with Gasteiger partial charge in [-0.15, -0.1) is 0 Å². The number of rotatable bonds is 6. The van der Waals surface area contributed by atoms with Crippen molar-refractivity contribution >= 4 is 11.9 Å². The second-order valence-electron chi connectivity index (χ2n) is 5.94. The van der Waals surface area contributed by atoms with Crippen LogP contribution in [0.5, 0.6) is 0 Å². The Morgan fingerprint density at radius 3 is 2.57 bits per heavy atom. The van der Waals surface area contributed by atoms with E-state index >= 15 is 0 Å². The van der Waals surface area contributed by atoms with E-state index < -0.39 is 5.97 Å². The van der Waals surface area contributed by atoms with Crippen molar-refractivity contribution < 1.29 is 19.4 Å². The normalized spacial score (nSPS) is 23.0. The molecule has 0 aliphatic heterocycles. The molecule has 4 nitrogen and oxygen atoms in total. The molecular formula is C17H20O4. The molecule has 2 atom stereocenters. The van der Waals surface area contributed by atoms with Crippen LogP contribution in [0.2, 0.25) is 0 Å². The van der Waals surface area contributed by atoms with Gasteiger partial charge in [0, 0.05) is 0 Å². The molecule has 0 spiro atoms. The molecule has 0 aromatic heterocycles. The van der Waals surface area contributed by atoms with Crippen molar-refractivity contribution in [1.82, 2.24) is 0 Å². The Hall–Kier alpha value is -2.10. The maximum atomic E-state index is 12.1. The van der Waals surface area contributed by atoms with E-state index in [2.05, 4.69) is 0 Å². The lowest BCUT2D eigenvalue weighted by molar-refractivity contribution is -0.147. The van der Waals surface area contributed by atoms with Crippen molar-refractivity contribution in [3.8, 4) is 0 Å². The van der Waals surface area contributed by atoms with Crippen LogP contribution in [-0.2, 0) is 20.9 Å². The molecule has 0 bridgehead atoms. The highest BCUT2D eigenvalue weighted by molar-refractivity contribution is 5.78. The first-order chi connectivity index (χ1) is 9.93. The van der Waals surface area contributed by atoms with Crippen LogP contribution in [0.15, 0.2) is 42.5 Å². The highest BCUT2D eigenvalue weighted by Crippen LogP contribution is 2.59. The van der Waals surface area contributed by atoms with Crippen LogP contribution in [0.25, 0.3) is 0 Å². The number of carboxylic acid groups (broad SMARTS) is 1.